The normalized spacial score (nSPS) is 10.1. The molecular formula is C12H11FN2O2S. The van der Waals surface area contributed by atoms with Gasteiger partial charge in [0.05, 0.1) is 24.7 Å². The molecule has 0 spiro atoms. The first-order valence-corrected chi connectivity index (χ1v) is 6.08. The van der Waals surface area contributed by atoms with Crippen molar-refractivity contribution in [2.24, 2.45) is 0 Å². The van der Waals surface area contributed by atoms with E-state index < -0.39 is 11.7 Å². The fourth-order valence-electron chi connectivity index (χ4n) is 1.40. The number of thiazole rings is 1. The van der Waals surface area contributed by atoms with Crippen LogP contribution in [0.4, 0.5) is 4.39 Å². The van der Waals surface area contributed by atoms with Gasteiger partial charge in [-0.3, -0.25) is 9.78 Å². The van der Waals surface area contributed by atoms with Crippen molar-refractivity contribution in [2.45, 2.75) is 6.54 Å². The molecule has 0 aliphatic heterocycles. The number of carbonyl (C=O) groups is 1. The summed E-state index contributed by atoms with van der Waals surface area (Å²) in [7, 11) is 1.44. The van der Waals surface area contributed by atoms with Gasteiger partial charge in [0.1, 0.15) is 11.6 Å². The Morgan fingerprint density at radius 2 is 2.39 bits per heavy atom. The lowest BCUT2D eigenvalue weighted by Crippen LogP contribution is -2.23. The summed E-state index contributed by atoms with van der Waals surface area (Å²) in [4.78, 5) is 16.6. The first-order chi connectivity index (χ1) is 8.70. The molecule has 1 amide bonds. The smallest absolute Gasteiger partial charge is 0.254 e. The molecule has 0 unspecified atom stereocenters. The van der Waals surface area contributed by atoms with Crippen molar-refractivity contribution < 1.29 is 13.9 Å². The molecule has 1 heterocycles. The van der Waals surface area contributed by atoms with Crippen molar-refractivity contribution in [3.8, 4) is 5.75 Å². The maximum Gasteiger partial charge on any atom is 0.254 e. The van der Waals surface area contributed by atoms with Crippen molar-refractivity contribution in [3.05, 3.63) is 46.2 Å². The molecule has 1 N–H and O–H groups in total. The molecule has 0 aliphatic carbocycles. The van der Waals surface area contributed by atoms with Gasteiger partial charge in [-0.2, -0.15) is 0 Å². The zero-order chi connectivity index (χ0) is 13.0. The second kappa shape index (κ2) is 5.59. The maximum absolute atomic E-state index is 13.6. The van der Waals surface area contributed by atoms with Gasteiger partial charge in [-0.1, -0.05) is 0 Å². The van der Waals surface area contributed by atoms with E-state index in [1.54, 1.807) is 17.8 Å². The van der Waals surface area contributed by atoms with Crippen LogP contribution in [0.25, 0.3) is 0 Å². The van der Waals surface area contributed by atoms with Crippen LogP contribution in [0, 0.1) is 5.82 Å². The Bertz CT molecular complexity index is 543. The molecule has 18 heavy (non-hydrogen) atoms. The molecule has 0 aliphatic rings. The summed E-state index contributed by atoms with van der Waals surface area (Å²) in [6, 6.07) is 4.13. The maximum atomic E-state index is 13.6. The standard InChI is InChI=1S/C12H11FN2O2S/c1-17-8-2-3-10(11(13)4-8)12(16)15-6-9-5-14-7-18-9/h2-5,7H,6H2,1H3,(H,15,16). The van der Waals surface area contributed by atoms with Gasteiger partial charge < -0.3 is 10.1 Å². The number of amides is 1. The molecule has 0 atom stereocenters. The number of rotatable bonds is 4. The topological polar surface area (TPSA) is 51.2 Å². The predicted molar refractivity (Wildman–Crippen MR) is 66.2 cm³/mol. The van der Waals surface area contributed by atoms with Crippen LogP contribution in [-0.2, 0) is 6.54 Å². The molecule has 0 bridgehead atoms. The fourth-order valence-corrected chi connectivity index (χ4v) is 1.93. The van der Waals surface area contributed by atoms with E-state index in [0.717, 1.165) is 4.88 Å². The Kier molecular flexibility index (Phi) is 3.88. The number of carbonyl (C=O) groups excluding carboxylic acids is 1. The minimum Gasteiger partial charge on any atom is -0.497 e. The molecule has 2 aromatic rings. The van der Waals surface area contributed by atoms with Crippen LogP contribution in [0.3, 0.4) is 0 Å². The lowest BCUT2D eigenvalue weighted by atomic mass is 10.2. The molecule has 0 fully saturated rings. The van der Waals surface area contributed by atoms with Crippen LogP contribution in [0.1, 0.15) is 15.2 Å². The predicted octanol–water partition coefficient (Wildman–Crippen LogP) is 2.22. The quantitative estimate of drug-likeness (QED) is 0.923. The van der Waals surface area contributed by atoms with E-state index in [1.165, 1.54) is 30.6 Å². The summed E-state index contributed by atoms with van der Waals surface area (Å²) in [5.74, 6) is -0.675. The second-order valence-electron chi connectivity index (χ2n) is 3.50. The van der Waals surface area contributed by atoms with Crippen LogP contribution < -0.4 is 10.1 Å². The summed E-state index contributed by atoms with van der Waals surface area (Å²) in [5, 5.41) is 2.63. The summed E-state index contributed by atoms with van der Waals surface area (Å²) in [6.45, 7) is 0.342. The number of ether oxygens (including phenoxy) is 1. The highest BCUT2D eigenvalue weighted by Gasteiger charge is 2.12. The molecule has 94 valence electrons. The molecule has 6 heteroatoms. The largest absolute Gasteiger partial charge is 0.497 e. The third kappa shape index (κ3) is 2.84. The molecule has 0 saturated carbocycles. The van der Waals surface area contributed by atoms with Gasteiger partial charge >= 0.3 is 0 Å². The van der Waals surface area contributed by atoms with Crippen LogP contribution >= 0.6 is 11.3 Å². The highest BCUT2D eigenvalue weighted by Crippen LogP contribution is 2.16. The fraction of sp³-hybridized carbons (Fsp3) is 0.167. The van der Waals surface area contributed by atoms with Crippen LogP contribution in [0.5, 0.6) is 5.75 Å². The summed E-state index contributed by atoms with van der Waals surface area (Å²) in [5.41, 5.74) is 1.68. The molecule has 2 rings (SSSR count). The number of nitrogens with one attached hydrogen (secondary N) is 1. The van der Waals surface area contributed by atoms with E-state index in [4.69, 9.17) is 4.74 Å². The van der Waals surface area contributed by atoms with E-state index in [0.29, 0.717) is 12.3 Å². The van der Waals surface area contributed by atoms with Crippen LogP contribution in [-0.4, -0.2) is 18.0 Å². The Hall–Kier alpha value is -1.95. The van der Waals surface area contributed by atoms with Gasteiger partial charge in [-0.25, -0.2) is 4.39 Å². The van der Waals surface area contributed by atoms with Crippen LogP contribution in [0.15, 0.2) is 29.9 Å². The number of halogens is 1. The van der Waals surface area contributed by atoms with Crippen molar-refractivity contribution in [3.63, 3.8) is 0 Å². The lowest BCUT2D eigenvalue weighted by molar-refractivity contribution is 0.0947. The van der Waals surface area contributed by atoms with E-state index in [1.807, 2.05) is 0 Å². The zero-order valence-electron chi connectivity index (χ0n) is 9.64. The minimum atomic E-state index is -0.601. The van der Waals surface area contributed by atoms with E-state index in [-0.39, 0.29) is 5.56 Å². The van der Waals surface area contributed by atoms with Gasteiger partial charge in [-0.15, -0.1) is 11.3 Å². The average Bonchev–Trinajstić information content (AvgIpc) is 2.88. The van der Waals surface area contributed by atoms with Crippen molar-refractivity contribution in [2.75, 3.05) is 7.11 Å². The van der Waals surface area contributed by atoms with Gasteiger partial charge in [-0.05, 0) is 12.1 Å². The van der Waals surface area contributed by atoms with E-state index in [2.05, 4.69) is 10.3 Å². The number of nitrogens with zero attached hydrogens (tertiary/aromatic N) is 1. The first-order valence-electron chi connectivity index (χ1n) is 5.20. The molecule has 1 aromatic heterocycles. The van der Waals surface area contributed by atoms with Crippen LogP contribution in [0.2, 0.25) is 0 Å². The molecule has 0 saturated heterocycles. The molecule has 1 aromatic carbocycles. The zero-order valence-corrected chi connectivity index (χ0v) is 10.5. The third-order valence-corrected chi connectivity index (χ3v) is 3.11. The van der Waals surface area contributed by atoms with Crippen molar-refractivity contribution in [1.82, 2.24) is 10.3 Å². The molecule has 4 nitrogen and oxygen atoms in total. The van der Waals surface area contributed by atoms with Gasteiger partial charge in [0, 0.05) is 17.1 Å². The third-order valence-electron chi connectivity index (χ3n) is 2.33. The Morgan fingerprint density at radius 3 is 3.00 bits per heavy atom. The van der Waals surface area contributed by atoms with Gasteiger partial charge in [0.15, 0.2) is 0 Å². The summed E-state index contributed by atoms with van der Waals surface area (Å²) < 4.78 is 18.5. The first kappa shape index (κ1) is 12.5. The highest BCUT2D eigenvalue weighted by molar-refractivity contribution is 7.09. The Morgan fingerprint density at radius 1 is 1.56 bits per heavy atom. The van der Waals surface area contributed by atoms with E-state index in [9.17, 15) is 9.18 Å². The highest BCUT2D eigenvalue weighted by atomic mass is 32.1. The van der Waals surface area contributed by atoms with Crippen molar-refractivity contribution >= 4 is 17.2 Å². The number of hydrogen-bond donors (Lipinski definition) is 1. The SMILES string of the molecule is COc1ccc(C(=O)NCc2cncs2)c(F)c1. The minimum absolute atomic E-state index is 0.000292. The van der Waals surface area contributed by atoms with E-state index >= 15 is 0 Å². The van der Waals surface area contributed by atoms with Crippen molar-refractivity contribution in [1.29, 1.82) is 0 Å². The Labute approximate surface area is 107 Å². The average molecular weight is 266 g/mol. The van der Waals surface area contributed by atoms with Gasteiger partial charge in [0.25, 0.3) is 5.91 Å². The number of aromatic nitrogens is 1. The number of hydrogen-bond acceptors (Lipinski definition) is 4. The number of methoxy groups -OCH3 is 1. The lowest BCUT2D eigenvalue weighted by Gasteiger charge is -2.06. The monoisotopic (exact) mass is 266 g/mol. The number of benzene rings is 1. The second-order valence-corrected chi connectivity index (χ2v) is 4.47. The summed E-state index contributed by atoms with van der Waals surface area (Å²) in [6.07, 6.45) is 1.66. The summed E-state index contributed by atoms with van der Waals surface area (Å²) >= 11 is 1.43. The molecular weight excluding hydrogens is 255 g/mol. The Balaban J connectivity index is 2.04. The molecule has 0 radical (unpaired) electrons. The van der Waals surface area contributed by atoms with Gasteiger partial charge in [0.2, 0.25) is 0 Å².